The molecule has 0 spiro atoms. The molecule has 0 unspecified atom stereocenters. The number of carbonyl (C=O) groups excluding carboxylic acids is 2. The van der Waals surface area contributed by atoms with Gasteiger partial charge in [0.05, 0.1) is 6.10 Å². The van der Waals surface area contributed by atoms with Gasteiger partial charge in [-0.05, 0) is 55.7 Å². The molecule has 0 radical (unpaired) electrons. The first-order valence-corrected chi connectivity index (χ1v) is 10.2. The summed E-state index contributed by atoms with van der Waals surface area (Å²) in [5.74, 6) is -2.29. The maximum Gasteiger partial charge on any atom is 0.218 e. The van der Waals surface area contributed by atoms with Crippen LogP contribution in [0.3, 0.4) is 0 Å². The minimum atomic E-state index is -2.20. The molecule has 0 aliphatic heterocycles. The summed E-state index contributed by atoms with van der Waals surface area (Å²) >= 11 is 3.90. The lowest BCUT2D eigenvalue weighted by atomic mass is 9.44. The number of aliphatic hydroxyl groups is 2. The first kappa shape index (κ1) is 20.2. The van der Waals surface area contributed by atoms with Crippen LogP contribution in [0.25, 0.3) is 0 Å². The molecule has 4 aliphatic carbocycles. The highest BCUT2D eigenvalue weighted by Crippen LogP contribution is 2.71. The standard InChI is InChI=1S/C21H26F2O4S/c1-10-6-12-13-8-15(22)14-7-11(24)4-5-18(14,2)20(13,23)16(25)9-19(12,3)21(10,27)17(26)28/h4-5,7,10,12-13,15-16,25,27H,6,8-9H2,1-3H3,(H,26,28)/t10-,12+,13+,15+,16-,18+,19+,20+,21-/m1/s1. The van der Waals surface area contributed by atoms with Crippen LogP contribution in [-0.2, 0) is 9.59 Å². The van der Waals surface area contributed by atoms with E-state index in [9.17, 15) is 19.8 Å². The Labute approximate surface area is 168 Å². The van der Waals surface area contributed by atoms with E-state index in [0.717, 1.165) is 6.08 Å². The number of aliphatic hydroxyl groups excluding tert-OH is 1. The molecule has 3 fully saturated rings. The van der Waals surface area contributed by atoms with Crippen molar-refractivity contribution in [1.82, 2.24) is 0 Å². The van der Waals surface area contributed by atoms with E-state index in [1.54, 1.807) is 13.8 Å². The normalized spacial score (nSPS) is 55.2. The van der Waals surface area contributed by atoms with E-state index in [1.165, 1.54) is 19.1 Å². The summed E-state index contributed by atoms with van der Waals surface area (Å²) in [6.07, 6.45) is 0.703. The molecule has 3 saturated carbocycles. The van der Waals surface area contributed by atoms with E-state index in [4.69, 9.17) is 0 Å². The zero-order chi connectivity index (χ0) is 20.9. The van der Waals surface area contributed by atoms with Crippen molar-refractivity contribution in [1.29, 1.82) is 0 Å². The highest BCUT2D eigenvalue weighted by Gasteiger charge is 2.76. The Hall–Kier alpha value is -1.05. The van der Waals surface area contributed by atoms with Crippen molar-refractivity contribution >= 4 is 23.5 Å². The molecule has 4 aliphatic rings. The number of halogens is 2. The molecule has 28 heavy (non-hydrogen) atoms. The van der Waals surface area contributed by atoms with E-state index in [-0.39, 0.29) is 18.4 Å². The van der Waals surface area contributed by atoms with Crippen molar-refractivity contribution in [2.24, 2.45) is 28.6 Å². The molecular formula is C21H26F2O4S. The Kier molecular flexibility index (Phi) is 4.16. The van der Waals surface area contributed by atoms with Gasteiger partial charge in [0.15, 0.2) is 11.5 Å². The average molecular weight is 412 g/mol. The number of hydrogen-bond donors (Lipinski definition) is 3. The summed E-state index contributed by atoms with van der Waals surface area (Å²) in [4.78, 5) is 24.1. The molecular weight excluding hydrogens is 386 g/mol. The first-order valence-electron chi connectivity index (χ1n) is 9.76. The summed E-state index contributed by atoms with van der Waals surface area (Å²) in [7, 11) is 0. The SMILES string of the molecule is C[C@@H]1C[C@H]2[C@@H]3C[C@H](F)C4=CC(=O)C=C[C@]4(C)[C@@]3(F)[C@H](O)C[C@]2(C)[C@]1(O)C(=O)S. The third kappa shape index (κ3) is 2.03. The van der Waals surface area contributed by atoms with Gasteiger partial charge in [0.2, 0.25) is 5.12 Å². The quantitative estimate of drug-likeness (QED) is 0.579. The molecule has 0 heterocycles. The molecule has 4 rings (SSSR count). The van der Waals surface area contributed by atoms with Crippen LogP contribution in [0.1, 0.15) is 40.0 Å². The lowest BCUT2D eigenvalue weighted by Gasteiger charge is -2.62. The van der Waals surface area contributed by atoms with Crippen molar-refractivity contribution in [3.8, 4) is 0 Å². The molecule has 0 aromatic rings. The monoisotopic (exact) mass is 412 g/mol. The molecule has 0 amide bonds. The molecule has 0 aromatic heterocycles. The molecule has 0 aromatic carbocycles. The fourth-order valence-corrected chi connectivity index (χ4v) is 7.47. The van der Waals surface area contributed by atoms with Crippen LogP contribution in [0, 0.1) is 28.6 Å². The maximum atomic E-state index is 16.8. The molecule has 0 saturated heterocycles. The topological polar surface area (TPSA) is 74.6 Å². The second kappa shape index (κ2) is 5.76. The summed E-state index contributed by atoms with van der Waals surface area (Å²) in [6, 6.07) is 0. The third-order valence-corrected chi connectivity index (χ3v) is 8.88. The highest BCUT2D eigenvalue weighted by atomic mass is 32.1. The minimum Gasteiger partial charge on any atom is -0.390 e. The lowest BCUT2D eigenvalue weighted by molar-refractivity contribution is -0.221. The van der Waals surface area contributed by atoms with Crippen LogP contribution in [0.4, 0.5) is 8.78 Å². The summed E-state index contributed by atoms with van der Waals surface area (Å²) in [5.41, 5.74) is -6.53. The minimum absolute atomic E-state index is 0.0629. The fourth-order valence-electron chi connectivity index (χ4n) is 7.00. The number of allylic oxidation sites excluding steroid dienone is 4. The molecule has 2 N–H and O–H groups in total. The Morgan fingerprint density at radius 1 is 1.29 bits per heavy atom. The number of fused-ring (bicyclic) bond motifs is 5. The fraction of sp³-hybridized carbons (Fsp3) is 0.714. The predicted molar refractivity (Wildman–Crippen MR) is 102 cm³/mol. The zero-order valence-corrected chi connectivity index (χ0v) is 17.0. The molecule has 7 heteroatoms. The molecule has 4 nitrogen and oxygen atoms in total. The first-order chi connectivity index (χ1) is 12.8. The number of ketones is 1. The van der Waals surface area contributed by atoms with Crippen molar-refractivity contribution in [3.63, 3.8) is 0 Å². The number of thiol groups is 1. The highest BCUT2D eigenvalue weighted by molar-refractivity contribution is 7.96. The van der Waals surface area contributed by atoms with Crippen molar-refractivity contribution < 1.29 is 28.6 Å². The predicted octanol–water partition coefficient (Wildman–Crippen LogP) is 2.74. The molecule has 154 valence electrons. The number of alkyl halides is 2. The Balaban J connectivity index is 1.88. The molecule has 0 bridgehead atoms. The van der Waals surface area contributed by atoms with Gasteiger partial charge in [0.1, 0.15) is 11.8 Å². The van der Waals surface area contributed by atoms with Gasteiger partial charge in [-0.2, -0.15) is 0 Å². The van der Waals surface area contributed by atoms with Crippen molar-refractivity contribution in [2.45, 2.75) is 63.6 Å². The van der Waals surface area contributed by atoms with Crippen LogP contribution in [0.2, 0.25) is 0 Å². The van der Waals surface area contributed by atoms with E-state index in [1.807, 2.05) is 0 Å². The Bertz CT molecular complexity index is 827. The van der Waals surface area contributed by atoms with Crippen LogP contribution < -0.4 is 0 Å². The van der Waals surface area contributed by atoms with E-state index >= 15 is 8.78 Å². The Morgan fingerprint density at radius 2 is 1.93 bits per heavy atom. The zero-order valence-electron chi connectivity index (χ0n) is 16.2. The second-order valence-electron chi connectivity index (χ2n) is 9.57. The number of carbonyl (C=O) groups is 2. The van der Waals surface area contributed by atoms with Gasteiger partial charge in [-0.25, -0.2) is 8.78 Å². The largest absolute Gasteiger partial charge is 0.390 e. The summed E-state index contributed by atoms with van der Waals surface area (Å²) < 4.78 is 32.0. The van der Waals surface area contributed by atoms with Gasteiger partial charge < -0.3 is 10.2 Å². The molecule has 9 atom stereocenters. The maximum absolute atomic E-state index is 16.8. The van der Waals surface area contributed by atoms with Crippen LogP contribution in [0.5, 0.6) is 0 Å². The van der Waals surface area contributed by atoms with E-state index in [2.05, 4.69) is 12.6 Å². The van der Waals surface area contributed by atoms with Gasteiger partial charge in [-0.1, -0.05) is 19.9 Å². The lowest BCUT2D eigenvalue weighted by Crippen LogP contribution is -2.70. The van der Waals surface area contributed by atoms with Gasteiger partial charge in [0, 0.05) is 16.7 Å². The number of rotatable bonds is 1. The van der Waals surface area contributed by atoms with Crippen LogP contribution in [-0.4, -0.2) is 44.7 Å². The summed E-state index contributed by atoms with van der Waals surface area (Å²) in [6.45, 7) is 4.92. The number of hydrogen-bond acceptors (Lipinski definition) is 4. The van der Waals surface area contributed by atoms with E-state index in [0.29, 0.717) is 6.42 Å². The van der Waals surface area contributed by atoms with Crippen LogP contribution >= 0.6 is 12.6 Å². The van der Waals surface area contributed by atoms with E-state index < -0.39 is 63.0 Å². The average Bonchev–Trinajstić information content (AvgIpc) is 2.81. The van der Waals surface area contributed by atoms with Gasteiger partial charge in [-0.15, -0.1) is 12.6 Å². The van der Waals surface area contributed by atoms with Crippen LogP contribution in [0.15, 0.2) is 23.8 Å². The third-order valence-electron chi connectivity index (χ3n) is 8.54. The van der Waals surface area contributed by atoms with Crippen molar-refractivity contribution in [2.75, 3.05) is 0 Å². The van der Waals surface area contributed by atoms with Gasteiger partial charge in [0.25, 0.3) is 0 Å². The summed E-state index contributed by atoms with van der Waals surface area (Å²) in [5, 5.41) is 21.6. The second-order valence-corrected chi connectivity index (χ2v) is 9.97. The Morgan fingerprint density at radius 3 is 2.54 bits per heavy atom. The van der Waals surface area contributed by atoms with Gasteiger partial charge in [-0.3, -0.25) is 9.59 Å². The van der Waals surface area contributed by atoms with Crippen molar-refractivity contribution in [3.05, 3.63) is 23.8 Å². The smallest absolute Gasteiger partial charge is 0.218 e. The van der Waals surface area contributed by atoms with Gasteiger partial charge >= 0.3 is 0 Å².